The molecule has 0 aliphatic rings. The van der Waals surface area contributed by atoms with Crippen LogP contribution in [-0.2, 0) is 12.6 Å². The standard InChI is InChI=1S/C28H25F4NO/c1-18(22-15-24(29)17-25(16-22)34-2)33-12-11-19-13-21-5-3-4-6-26(21)27(14-19)20-7-9-23(10-8-20)28(30,31)32/h3-10,13-18,33H,11-12H2,1-2H3. The van der Waals surface area contributed by atoms with Gasteiger partial charge >= 0.3 is 6.18 Å². The molecule has 4 aromatic carbocycles. The van der Waals surface area contributed by atoms with Gasteiger partial charge in [-0.05, 0) is 77.2 Å². The van der Waals surface area contributed by atoms with E-state index in [1.54, 1.807) is 6.07 Å². The van der Waals surface area contributed by atoms with E-state index in [2.05, 4.69) is 11.4 Å². The summed E-state index contributed by atoms with van der Waals surface area (Å²) in [6, 6.07) is 21.8. The van der Waals surface area contributed by atoms with Gasteiger partial charge in [0.05, 0.1) is 12.7 Å². The highest BCUT2D eigenvalue weighted by molar-refractivity contribution is 5.97. The molecule has 0 radical (unpaired) electrons. The van der Waals surface area contributed by atoms with Crippen molar-refractivity contribution in [3.8, 4) is 16.9 Å². The van der Waals surface area contributed by atoms with Gasteiger partial charge in [-0.15, -0.1) is 0 Å². The lowest BCUT2D eigenvalue weighted by Crippen LogP contribution is -2.21. The summed E-state index contributed by atoms with van der Waals surface area (Å²) in [7, 11) is 1.50. The highest BCUT2D eigenvalue weighted by Crippen LogP contribution is 2.34. The number of ether oxygens (including phenoxy) is 1. The van der Waals surface area contributed by atoms with Gasteiger partial charge in [-0.25, -0.2) is 4.39 Å². The lowest BCUT2D eigenvalue weighted by Gasteiger charge is -2.16. The molecule has 1 atom stereocenters. The van der Waals surface area contributed by atoms with Crippen LogP contribution in [0, 0.1) is 5.82 Å². The van der Waals surface area contributed by atoms with Crippen LogP contribution in [0.2, 0.25) is 0 Å². The van der Waals surface area contributed by atoms with Gasteiger partial charge in [0.1, 0.15) is 11.6 Å². The molecule has 0 amide bonds. The molecule has 0 heterocycles. The fourth-order valence-electron chi connectivity index (χ4n) is 4.10. The van der Waals surface area contributed by atoms with E-state index >= 15 is 0 Å². The van der Waals surface area contributed by atoms with E-state index in [-0.39, 0.29) is 11.9 Å². The van der Waals surface area contributed by atoms with Gasteiger partial charge in [-0.2, -0.15) is 13.2 Å². The van der Waals surface area contributed by atoms with Crippen LogP contribution in [0.25, 0.3) is 21.9 Å². The Hall–Kier alpha value is -3.38. The lowest BCUT2D eigenvalue weighted by molar-refractivity contribution is -0.137. The van der Waals surface area contributed by atoms with E-state index in [0.29, 0.717) is 18.7 Å². The Morgan fingerprint density at radius 3 is 2.35 bits per heavy atom. The summed E-state index contributed by atoms with van der Waals surface area (Å²) in [6.45, 7) is 2.60. The van der Waals surface area contributed by atoms with Crippen molar-refractivity contribution in [1.82, 2.24) is 5.32 Å². The van der Waals surface area contributed by atoms with Gasteiger partial charge < -0.3 is 10.1 Å². The van der Waals surface area contributed by atoms with Crippen molar-refractivity contribution in [3.63, 3.8) is 0 Å². The summed E-state index contributed by atoms with van der Waals surface area (Å²) in [4.78, 5) is 0. The molecule has 4 aromatic rings. The van der Waals surface area contributed by atoms with E-state index in [1.165, 1.54) is 31.4 Å². The zero-order chi connectivity index (χ0) is 24.3. The first-order chi connectivity index (χ1) is 16.2. The first-order valence-corrected chi connectivity index (χ1v) is 11.0. The number of alkyl halides is 3. The zero-order valence-electron chi connectivity index (χ0n) is 18.9. The smallest absolute Gasteiger partial charge is 0.416 e. The maximum absolute atomic E-state index is 13.8. The monoisotopic (exact) mass is 467 g/mol. The van der Waals surface area contributed by atoms with Crippen molar-refractivity contribution in [2.24, 2.45) is 0 Å². The molecule has 0 aliphatic heterocycles. The average Bonchev–Trinajstić information content (AvgIpc) is 2.82. The van der Waals surface area contributed by atoms with Gasteiger partial charge in [-0.1, -0.05) is 48.5 Å². The summed E-state index contributed by atoms with van der Waals surface area (Å²) in [6.07, 6.45) is -3.66. The highest BCUT2D eigenvalue weighted by Gasteiger charge is 2.30. The molecule has 2 nitrogen and oxygen atoms in total. The molecule has 0 fully saturated rings. The maximum atomic E-state index is 13.8. The number of fused-ring (bicyclic) bond motifs is 1. The third kappa shape index (κ3) is 5.39. The Bertz CT molecular complexity index is 1280. The molecular weight excluding hydrogens is 442 g/mol. The maximum Gasteiger partial charge on any atom is 0.416 e. The minimum atomic E-state index is -4.36. The van der Waals surface area contributed by atoms with E-state index < -0.39 is 11.7 Å². The fourth-order valence-corrected chi connectivity index (χ4v) is 4.10. The molecule has 0 aromatic heterocycles. The number of rotatable bonds is 7. The van der Waals surface area contributed by atoms with Crippen LogP contribution >= 0.6 is 0 Å². The number of benzene rings is 4. The van der Waals surface area contributed by atoms with Crippen molar-refractivity contribution in [2.75, 3.05) is 13.7 Å². The molecule has 1 N–H and O–H groups in total. The number of methoxy groups -OCH3 is 1. The average molecular weight is 468 g/mol. The van der Waals surface area contributed by atoms with E-state index in [9.17, 15) is 17.6 Å². The van der Waals surface area contributed by atoms with E-state index in [4.69, 9.17) is 4.74 Å². The third-order valence-corrected chi connectivity index (χ3v) is 5.94. The first-order valence-electron chi connectivity index (χ1n) is 11.0. The number of hydrogen-bond donors (Lipinski definition) is 1. The van der Waals surface area contributed by atoms with Gasteiger partial charge in [-0.3, -0.25) is 0 Å². The predicted molar refractivity (Wildman–Crippen MR) is 127 cm³/mol. The SMILES string of the molecule is COc1cc(F)cc(C(C)NCCc2cc(-c3ccc(C(F)(F)F)cc3)c3ccccc3c2)c1. The number of halogens is 4. The molecule has 4 rings (SSSR count). The van der Waals surface area contributed by atoms with Crippen molar-refractivity contribution in [2.45, 2.75) is 25.6 Å². The Balaban J connectivity index is 1.55. The van der Waals surface area contributed by atoms with Gasteiger partial charge in [0.2, 0.25) is 0 Å². The van der Waals surface area contributed by atoms with Crippen LogP contribution in [0.15, 0.2) is 78.9 Å². The Morgan fingerprint density at radius 2 is 1.65 bits per heavy atom. The van der Waals surface area contributed by atoms with Crippen molar-refractivity contribution >= 4 is 10.8 Å². The van der Waals surface area contributed by atoms with Crippen molar-refractivity contribution in [1.29, 1.82) is 0 Å². The van der Waals surface area contributed by atoms with Crippen LogP contribution in [0.4, 0.5) is 17.6 Å². The second-order valence-corrected chi connectivity index (χ2v) is 8.29. The lowest BCUT2D eigenvalue weighted by atomic mass is 9.94. The third-order valence-electron chi connectivity index (χ3n) is 5.94. The summed E-state index contributed by atoms with van der Waals surface area (Å²) in [5.41, 5.74) is 2.82. The molecule has 1 unspecified atom stereocenters. The molecule has 0 saturated heterocycles. The normalized spacial score (nSPS) is 12.6. The first kappa shape index (κ1) is 23.8. The fraction of sp³-hybridized carbons (Fsp3) is 0.214. The molecule has 6 heteroatoms. The molecule has 0 aliphatic carbocycles. The van der Waals surface area contributed by atoms with Crippen LogP contribution in [-0.4, -0.2) is 13.7 Å². The highest BCUT2D eigenvalue weighted by atomic mass is 19.4. The minimum absolute atomic E-state index is 0.0839. The predicted octanol–water partition coefficient (Wildman–Crippen LogP) is 7.57. The van der Waals surface area contributed by atoms with Crippen LogP contribution in [0.5, 0.6) is 5.75 Å². The Morgan fingerprint density at radius 1 is 0.912 bits per heavy atom. The topological polar surface area (TPSA) is 21.3 Å². The Kier molecular flexibility index (Phi) is 6.89. The Labute approximate surface area is 196 Å². The van der Waals surface area contributed by atoms with Gasteiger partial charge in [0.25, 0.3) is 0 Å². The van der Waals surface area contributed by atoms with Crippen LogP contribution in [0.3, 0.4) is 0 Å². The largest absolute Gasteiger partial charge is 0.497 e. The molecule has 34 heavy (non-hydrogen) atoms. The summed E-state index contributed by atoms with van der Waals surface area (Å²) in [5.74, 6) is 0.123. The quantitative estimate of drug-likeness (QED) is 0.283. The second kappa shape index (κ2) is 9.85. The molecule has 0 bridgehead atoms. The van der Waals surface area contributed by atoms with Crippen LogP contribution in [0.1, 0.15) is 29.7 Å². The summed E-state index contributed by atoms with van der Waals surface area (Å²) in [5, 5.41) is 5.42. The second-order valence-electron chi connectivity index (χ2n) is 8.29. The summed E-state index contributed by atoms with van der Waals surface area (Å²) < 4.78 is 58.0. The number of hydrogen-bond acceptors (Lipinski definition) is 2. The zero-order valence-corrected chi connectivity index (χ0v) is 18.9. The molecule has 0 saturated carbocycles. The molecule has 0 spiro atoms. The van der Waals surface area contributed by atoms with E-state index in [0.717, 1.165) is 45.2 Å². The minimum Gasteiger partial charge on any atom is -0.497 e. The molecule has 176 valence electrons. The van der Waals surface area contributed by atoms with Crippen molar-refractivity contribution in [3.05, 3.63) is 101 Å². The summed E-state index contributed by atoms with van der Waals surface area (Å²) >= 11 is 0. The molecular formula is C28H25F4NO. The van der Waals surface area contributed by atoms with Crippen LogP contribution < -0.4 is 10.1 Å². The number of nitrogens with one attached hydrogen (secondary N) is 1. The van der Waals surface area contributed by atoms with Gasteiger partial charge in [0.15, 0.2) is 0 Å². The van der Waals surface area contributed by atoms with E-state index in [1.807, 2.05) is 37.3 Å². The van der Waals surface area contributed by atoms with Crippen molar-refractivity contribution < 1.29 is 22.3 Å². The van der Waals surface area contributed by atoms with Gasteiger partial charge in [0, 0.05) is 12.1 Å².